The molecule has 1 N–H and O–H groups in total. The molecule has 0 spiro atoms. The summed E-state index contributed by atoms with van der Waals surface area (Å²) < 4.78 is 56.5. The Bertz CT molecular complexity index is 753. The summed E-state index contributed by atoms with van der Waals surface area (Å²) in [6, 6.07) is 3.48. The molecule has 0 radical (unpaired) electrons. The predicted molar refractivity (Wildman–Crippen MR) is 123 cm³/mol. The molecule has 0 aliphatic heterocycles. The summed E-state index contributed by atoms with van der Waals surface area (Å²) in [6.45, 7) is 16.9. The lowest BCUT2D eigenvalue weighted by atomic mass is 10.0. The van der Waals surface area contributed by atoms with Crippen LogP contribution < -0.4 is 10.1 Å². The first-order valence-electron chi connectivity index (χ1n) is 10.9. The third-order valence-electron chi connectivity index (χ3n) is 5.29. The maximum absolute atomic E-state index is 13.2. The van der Waals surface area contributed by atoms with Crippen molar-refractivity contribution in [1.82, 2.24) is 5.32 Å². The van der Waals surface area contributed by atoms with Crippen LogP contribution >= 0.6 is 0 Å². The van der Waals surface area contributed by atoms with Crippen molar-refractivity contribution >= 4 is 14.4 Å². The van der Waals surface area contributed by atoms with E-state index in [2.05, 4.69) is 39.2 Å². The van der Waals surface area contributed by atoms with Crippen LogP contribution in [0.4, 0.5) is 18.0 Å². The number of carbonyl (C=O) groups is 1. The highest BCUT2D eigenvalue weighted by molar-refractivity contribution is 6.74. The lowest BCUT2D eigenvalue weighted by molar-refractivity contribution is -0.137. The fourth-order valence-corrected chi connectivity index (χ4v) is 3.57. The molecule has 0 saturated carbocycles. The van der Waals surface area contributed by atoms with Crippen LogP contribution in [0.15, 0.2) is 18.2 Å². The van der Waals surface area contributed by atoms with Gasteiger partial charge in [-0.3, -0.25) is 0 Å². The number of carbonyl (C=O) groups excluding carboxylic acids is 1. The summed E-state index contributed by atoms with van der Waals surface area (Å²) in [5, 5.41) is 2.68. The molecule has 0 atom stereocenters. The van der Waals surface area contributed by atoms with Crippen LogP contribution in [0.2, 0.25) is 18.1 Å². The van der Waals surface area contributed by atoms with Gasteiger partial charge in [0.15, 0.2) is 8.32 Å². The number of halogens is 3. The number of rotatable bonds is 9. The number of hydrogen-bond acceptors (Lipinski definition) is 4. The molecule has 5 nitrogen and oxygen atoms in total. The van der Waals surface area contributed by atoms with E-state index in [1.54, 1.807) is 20.8 Å². The molecular formula is C23H38F3NO4Si. The average molecular weight is 478 g/mol. The van der Waals surface area contributed by atoms with E-state index in [4.69, 9.17) is 13.9 Å². The van der Waals surface area contributed by atoms with Gasteiger partial charge < -0.3 is 19.2 Å². The van der Waals surface area contributed by atoms with E-state index in [0.717, 1.165) is 12.1 Å². The molecular weight excluding hydrogens is 439 g/mol. The van der Waals surface area contributed by atoms with Gasteiger partial charge in [-0.15, -0.1) is 0 Å². The minimum absolute atomic E-state index is 0.0632. The number of hydrogen-bond donors (Lipinski definition) is 1. The summed E-state index contributed by atoms with van der Waals surface area (Å²) in [7, 11) is -1.93. The number of benzene rings is 1. The zero-order valence-corrected chi connectivity index (χ0v) is 21.5. The van der Waals surface area contributed by atoms with Gasteiger partial charge in [-0.05, 0) is 75.5 Å². The Labute approximate surface area is 191 Å². The lowest BCUT2D eigenvalue weighted by Gasteiger charge is -2.36. The van der Waals surface area contributed by atoms with E-state index in [9.17, 15) is 18.0 Å². The van der Waals surface area contributed by atoms with Crippen molar-refractivity contribution in [3.05, 3.63) is 29.3 Å². The average Bonchev–Trinajstić information content (AvgIpc) is 2.59. The predicted octanol–water partition coefficient (Wildman–Crippen LogP) is 6.56. The first-order valence-corrected chi connectivity index (χ1v) is 13.8. The molecule has 0 aliphatic carbocycles. The van der Waals surface area contributed by atoms with Crippen molar-refractivity contribution < 1.29 is 31.9 Å². The van der Waals surface area contributed by atoms with Gasteiger partial charge >= 0.3 is 12.3 Å². The Balaban J connectivity index is 2.73. The number of alkyl carbamates (subject to hydrolysis) is 1. The maximum Gasteiger partial charge on any atom is 0.416 e. The van der Waals surface area contributed by atoms with Crippen LogP contribution in [0.3, 0.4) is 0 Å². The van der Waals surface area contributed by atoms with Gasteiger partial charge in [0, 0.05) is 6.54 Å². The van der Waals surface area contributed by atoms with Gasteiger partial charge in [0.05, 0.1) is 12.2 Å². The largest absolute Gasteiger partial charge is 0.491 e. The molecule has 0 saturated heterocycles. The fourth-order valence-electron chi connectivity index (χ4n) is 2.54. The Morgan fingerprint density at radius 1 is 1.03 bits per heavy atom. The Hall–Kier alpha value is -1.74. The molecule has 1 amide bonds. The highest BCUT2D eigenvalue weighted by Gasteiger charge is 2.37. The van der Waals surface area contributed by atoms with Crippen molar-refractivity contribution in [1.29, 1.82) is 0 Å². The summed E-state index contributed by atoms with van der Waals surface area (Å²) in [6.07, 6.45) is -4.23. The van der Waals surface area contributed by atoms with E-state index in [-0.39, 0.29) is 18.2 Å². The Morgan fingerprint density at radius 3 is 2.19 bits per heavy atom. The third kappa shape index (κ3) is 9.81. The number of amides is 1. The smallest absolute Gasteiger partial charge is 0.416 e. The first kappa shape index (κ1) is 28.3. The second-order valence-electron chi connectivity index (χ2n) is 10.3. The second kappa shape index (κ2) is 10.9. The molecule has 0 aliphatic rings. The fraction of sp³-hybridized carbons (Fsp3) is 0.696. The van der Waals surface area contributed by atoms with Crippen molar-refractivity contribution in [2.75, 3.05) is 19.8 Å². The van der Waals surface area contributed by atoms with E-state index in [0.29, 0.717) is 30.8 Å². The van der Waals surface area contributed by atoms with Gasteiger partial charge in [-0.1, -0.05) is 20.8 Å². The molecule has 0 unspecified atom stereocenters. The van der Waals surface area contributed by atoms with Crippen molar-refractivity contribution in [3.63, 3.8) is 0 Å². The van der Waals surface area contributed by atoms with E-state index in [1.165, 1.54) is 6.07 Å². The summed E-state index contributed by atoms with van der Waals surface area (Å²) in [5.41, 5.74) is -0.894. The van der Waals surface area contributed by atoms with Crippen molar-refractivity contribution in [2.45, 2.75) is 84.3 Å². The Kier molecular flexibility index (Phi) is 9.65. The number of ether oxygens (including phenoxy) is 2. The highest BCUT2D eigenvalue weighted by atomic mass is 28.4. The standard InChI is InChI=1S/C23H38F3NO4Si/c1-21(2,3)31-20(28)27-13-9-10-17-16-18(23(24,25)26)11-12-19(17)29-14-15-30-32(7,8)22(4,5)6/h11-12,16H,9-10,13-15H2,1-8H3,(H,27,28). The van der Waals surface area contributed by atoms with Crippen LogP contribution in [-0.2, 0) is 21.8 Å². The molecule has 1 rings (SSSR count). The van der Waals surface area contributed by atoms with Crippen LogP contribution in [-0.4, -0.2) is 39.8 Å². The van der Waals surface area contributed by atoms with Crippen LogP contribution in [0.25, 0.3) is 0 Å². The van der Waals surface area contributed by atoms with Gasteiger partial charge in [-0.2, -0.15) is 13.2 Å². The SMILES string of the molecule is CC(C)(C)OC(=O)NCCCc1cc(C(F)(F)F)ccc1OCCO[Si](C)(C)C(C)(C)C. The highest BCUT2D eigenvalue weighted by Crippen LogP contribution is 2.36. The quantitative estimate of drug-likeness (QED) is 0.323. The molecule has 0 heterocycles. The Morgan fingerprint density at radius 2 is 1.66 bits per heavy atom. The zero-order chi connectivity index (χ0) is 24.8. The maximum atomic E-state index is 13.2. The minimum Gasteiger partial charge on any atom is -0.491 e. The van der Waals surface area contributed by atoms with Gasteiger partial charge in [0.2, 0.25) is 0 Å². The molecule has 9 heteroatoms. The normalized spacial score (nSPS) is 13.1. The van der Waals surface area contributed by atoms with Crippen molar-refractivity contribution in [3.8, 4) is 5.75 Å². The van der Waals surface area contributed by atoms with Crippen LogP contribution in [0.5, 0.6) is 5.75 Å². The molecule has 32 heavy (non-hydrogen) atoms. The molecule has 184 valence electrons. The second-order valence-corrected chi connectivity index (χ2v) is 15.1. The molecule has 0 aromatic heterocycles. The van der Waals surface area contributed by atoms with Crippen LogP contribution in [0.1, 0.15) is 59.1 Å². The third-order valence-corrected chi connectivity index (χ3v) is 9.83. The summed E-state index contributed by atoms with van der Waals surface area (Å²) in [5.74, 6) is 0.397. The van der Waals surface area contributed by atoms with Gasteiger partial charge in [-0.25, -0.2) is 4.79 Å². The summed E-state index contributed by atoms with van der Waals surface area (Å²) in [4.78, 5) is 11.7. The molecule has 1 aromatic rings. The monoisotopic (exact) mass is 477 g/mol. The first-order chi connectivity index (χ1) is 14.4. The van der Waals surface area contributed by atoms with Crippen molar-refractivity contribution in [2.24, 2.45) is 0 Å². The zero-order valence-electron chi connectivity index (χ0n) is 20.5. The summed E-state index contributed by atoms with van der Waals surface area (Å²) >= 11 is 0. The van der Waals surface area contributed by atoms with Crippen LogP contribution in [0, 0.1) is 0 Å². The topological polar surface area (TPSA) is 56.8 Å². The van der Waals surface area contributed by atoms with E-state index >= 15 is 0 Å². The lowest BCUT2D eigenvalue weighted by Crippen LogP contribution is -2.41. The number of nitrogens with one attached hydrogen (secondary N) is 1. The molecule has 0 fully saturated rings. The van der Waals surface area contributed by atoms with E-state index in [1.807, 2.05) is 0 Å². The van der Waals surface area contributed by atoms with E-state index < -0.39 is 31.8 Å². The minimum atomic E-state index is -4.44. The van der Waals surface area contributed by atoms with Gasteiger partial charge in [0.1, 0.15) is 18.0 Å². The van der Waals surface area contributed by atoms with Gasteiger partial charge in [0.25, 0.3) is 0 Å². The molecule has 0 bridgehead atoms. The molecule has 1 aromatic carbocycles. The number of alkyl halides is 3. The number of aryl methyl sites for hydroxylation is 1.